The summed E-state index contributed by atoms with van der Waals surface area (Å²) < 4.78 is 26.0. The molecule has 0 aliphatic carbocycles. The van der Waals surface area contributed by atoms with E-state index in [9.17, 15) is 13.2 Å². The van der Waals surface area contributed by atoms with Gasteiger partial charge >= 0.3 is 5.97 Å². The minimum atomic E-state index is -3.86. The number of carboxylic acid groups (broad SMARTS) is 1. The van der Waals surface area contributed by atoms with Gasteiger partial charge in [-0.3, -0.25) is 4.79 Å². The Morgan fingerprint density at radius 2 is 2.17 bits per heavy atom. The predicted molar refractivity (Wildman–Crippen MR) is 68.1 cm³/mol. The number of nitrogens with one attached hydrogen (secondary N) is 1. The lowest BCUT2D eigenvalue weighted by Gasteiger charge is -2.13. The van der Waals surface area contributed by atoms with E-state index in [2.05, 4.69) is 4.72 Å². The summed E-state index contributed by atoms with van der Waals surface area (Å²) in [4.78, 5) is 10.9. The van der Waals surface area contributed by atoms with Crippen molar-refractivity contribution in [2.75, 3.05) is 0 Å². The van der Waals surface area contributed by atoms with Gasteiger partial charge in [0.2, 0.25) is 10.0 Å². The highest BCUT2D eigenvalue weighted by molar-refractivity contribution is 7.89. The van der Waals surface area contributed by atoms with E-state index in [0.29, 0.717) is 6.42 Å². The molecule has 7 heteroatoms. The van der Waals surface area contributed by atoms with Crippen LogP contribution in [0.25, 0.3) is 0 Å². The van der Waals surface area contributed by atoms with E-state index in [1.165, 1.54) is 18.2 Å². The second kappa shape index (κ2) is 6.17. The summed E-state index contributed by atoms with van der Waals surface area (Å²) in [6.07, 6.45) is 0.796. The maximum absolute atomic E-state index is 11.9. The van der Waals surface area contributed by atoms with E-state index >= 15 is 0 Å². The average molecular weight is 292 g/mol. The number of rotatable bonds is 6. The van der Waals surface area contributed by atoms with Crippen LogP contribution in [0.2, 0.25) is 5.02 Å². The zero-order valence-corrected chi connectivity index (χ0v) is 11.3. The minimum Gasteiger partial charge on any atom is -0.480 e. The van der Waals surface area contributed by atoms with Crippen molar-refractivity contribution in [3.63, 3.8) is 0 Å². The fraction of sp³-hybridized carbons (Fsp3) is 0.364. The second-order valence-corrected chi connectivity index (χ2v) is 5.91. The lowest BCUT2D eigenvalue weighted by Crippen LogP contribution is -2.40. The first-order chi connectivity index (χ1) is 8.36. The normalized spacial score (nSPS) is 13.2. The number of hydrogen-bond acceptors (Lipinski definition) is 3. The summed E-state index contributed by atoms with van der Waals surface area (Å²) >= 11 is 5.70. The molecule has 1 rings (SSSR count). The van der Waals surface area contributed by atoms with Gasteiger partial charge in [-0.15, -0.1) is 0 Å². The van der Waals surface area contributed by atoms with E-state index in [1.54, 1.807) is 13.0 Å². The Morgan fingerprint density at radius 1 is 1.50 bits per heavy atom. The number of sulfonamides is 1. The number of aliphatic carboxylic acids is 1. The van der Waals surface area contributed by atoms with E-state index in [4.69, 9.17) is 16.7 Å². The predicted octanol–water partition coefficient (Wildman–Crippen LogP) is 1.87. The van der Waals surface area contributed by atoms with Crippen LogP contribution in [-0.2, 0) is 14.8 Å². The summed E-state index contributed by atoms with van der Waals surface area (Å²) in [6, 6.07) is 4.54. The van der Waals surface area contributed by atoms with Crippen molar-refractivity contribution in [1.82, 2.24) is 4.72 Å². The highest BCUT2D eigenvalue weighted by atomic mass is 35.5. The van der Waals surface area contributed by atoms with Crippen LogP contribution in [0.15, 0.2) is 29.2 Å². The molecule has 0 heterocycles. The highest BCUT2D eigenvalue weighted by Crippen LogP contribution is 2.16. The van der Waals surface area contributed by atoms with Crippen LogP contribution in [0.5, 0.6) is 0 Å². The molecule has 18 heavy (non-hydrogen) atoms. The third kappa shape index (κ3) is 3.97. The molecule has 0 radical (unpaired) electrons. The quantitative estimate of drug-likeness (QED) is 0.838. The Hall–Kier alpha value is -1.11. The maximum atomic E-state index is 11.9. The van der Waals surface area contributed by atoms with Crippen LogP contribution in [0.1, 0.15) is 19.8 Å². The zero-order valence-electron chi connectivity index (χ0n) is 9.76. The molecule has 1 atom stereocenters. The first-order valence-electron chi connectivity index (χ1n) is 5.37. The van der Waals surface area contributed by atoms with Gasteiger partial charge in [-0.05, 0) is 24.6 Å². The molecule has 0 aliphatic rings. The molecule has 0 spiro atoms. The third-order valence-corrected chi connectivity index (χ3v) is 3.98. The Bertz CT molecular complexity index is 530. The summed E-state index contributed by atoms with van der Waals surface area (Å²) in [7, 11) is -3.86. The standard InChI is InChI=1S/C11H14ClNO4S/c1-2-4-10(11(14)15)13-18(16,17)9-6-3-5-8(12)7-9/h3,5-7,10,13H,2,4H2,1H3,(H,14,15)/t10-/m0/s1. The second-order valence-electron chi connectivity index (χ2n) is 3.76. The van der Waals surface area contributed by atoms with Crippen LogP contribution < -0.4 is 4.72 Å². The van der Waals surface area contributed by atoms with Crippen molar-refractivity contribution in [1.29, 1.82) is 0 Å². The van der Waals surface area contributed by atoms with E-state index in [1.807, 2.05) is 0 Å². The van der Waals surface area contributed by atoms with Gasteiger partial charge in [0.1, 0.15) is 6.04 Å². The molecular formula is C11H14ClNO4S. The SMILES string of the molecule is CCC[C@H](NS(=O)(=O)c1cccc(Cl)c1)C(=O)O. The Morgan fingerprint density at radius 3 is 2.67 bits per heavy atom. The first-order valence-corrected chi connectivity index (χ1v) is 7.23. The lowest BCUT2D eigenvalue weighted by atomic mass is 10.2. The summed E-state index contributed by atoms with van der Waals surface area (Å²) in [5, 5.41) is 9.19. The average Bonchev–Trinajstić information content (AvgIpc) is 2.28. The van der Waals surface area contributed by atoms with Crippen molar-refractivity contribution in [3.8, 4) is 0 Å². The van der Waals surface area contributed by atoms with Crippen molar-refractivity contribution < 1.29 is 18.3 Å². The lowest BCUT2D eigenvalue weighted by molar-refractivity contribution is -0.139. The smallest absolute Gasteiger partial charge is 0.321 e. The van der Waals surface area contributed by atoms with Crippen molar-refractivity contribution in [2.24, 2.45) is 0 Å². The van der Waals surface area contributed by atoms with Crippen LogP contribution in [-0.4, -0.2) is 25.5 Å². The molecule has 0 aliphatic heterocycles. The third-order valence-electron chi connectivity index (χ3n) is 2.28. The molecule has 5 nitrogen and oxygen atoms in total. The van der Waals surface area contributed by atoms with Crippen LogP contribution in [0.4, 0.5) is 0 Å². The fourth-order valence-electron chi connectivity index (χ4n) is 1.41. The molecule has 100 valence electrons. The minimum absolute atomic E-state index is 0.0441. The van der Waals surface area contributed by atoms with E-state index in [-0.39, 0.29) is 16.3 Å². The van der Waals surface area contributed by atoms with Crippen molar-refractivity contribution in [2.45, 2.75) is 30.7 Å². The van der Waals surface area contributed by atoms with Crippen molar-refractivity contribution in [3.05, 3.63) is 29.3 Å². The number of benzene rings is 1. The number of carbonyl (C=O) groups is 1. The summed E-state index contributed by atoms with van der Waals surface area (Å²) in [5.41, 5.74) is 0. The zero-order chi connectivity index (χ0) is 13.8. The van der Waals surface area contributed by atoms with Crippen LogP contribution in [0.3, 0.4) is 0 Å². The fourth-order valence-corrected chi connectivity index (χ4v) is 2.94. The number of carboxylic acids is 1. The van der Waals surface area contributed by atoms with Gasteiger partial charge in [-0.25, -0.2) is 8.42 Å². The molecule has 0 fully saturated rings. The Kier molecular flexibility index (Phi) is 5.13. The van der Waals surface area contributed by atoms with Gasteiger partial charge in [-0.1, -0.05) is 31.0 Å². The first kappa shape index (κ1) is 14.9. The largest absolute Gasteiger partial charge is 0.480 e. The Balaban J connectivity index is 2.97. The topological polar surface area (TPSA) is 83.5 Å². The summed E-state index contributed by atoms with van der Waals surface area (Å²) in [5.74, 6) is -1.19. The molecule has 0 saturated carbocycles. The van der Waals surface area contributed by atoms with Gasteiger partial charge in [0.05, 0.1) is 4.90 Å². The van der Waals surface area contributed by atoms with Gasteiger partial charge < -0.3 is 5.11 Å². The van der Waals surface area contributed by atoms with Gasteiger partial charge in [0.15, 0.2) is 0 Å². The van der Waals surface area contributed by atoms with Crippen LogP contribution in [0, 0.1) is 0 Å². The number of hydrogen-bond donors (Lipinski definition) is 2. The molecule has 2 N–H and O–H groups in total. The van der Waals surface area contributed by atoms with E-state index in [0.717, 1.165) is 0 Å². The highest BCUT2D eigenvalue weighted by Gasteiger charge is 2.24. The molecule has 0 aromatic heterocycles. The summed E-state index contributed by atoms with van der Waals surface area (Å²) in [6.45, 7) is 1.78. The van der Waals surface area contributed by atoms with Crippen LogP contribution >= 0.6 is 11.6 Å². The molecular weight excluding hydrogens is 278 g/mol. The molecule has 1 aromatic carbocycles. The Labute approximate surface area is 111 Å². The van der Waals surface area contributed by atoms with Crippen molar-refractivity contribution >= 4 is 27.6 Å². The molecule has 1 aromatic rings. The number of halogens is 1. The van der Waals surface area contributed by atoms with Gasteiger partial charge in [0, 0.05) is 5.02 Å². The molecule has 0 saturated heterocycles. The van der Waals surface area contributed by atoms with Gasteiger partial charge in [0.25, 0.3) is 0 Å². The molecule has 0 amide bonds. The van der Waals surface area contributed by atoms with E-state index < -0.39 is 22.0 Å². The maximum Gasteiger partial charge on any atom is 0.321 e. The monoisotopic (exact) mass is 291 g/mol. The molecule has 0 bridgehead atoms. The van der Waals surface area contributed by atoms with Gasteiger partial charge in [-0.2, -0.15) is 4.72 Å². The molecule has 0 unspecified atom stereocenters.